The summed E-state index contributed by atoms with van der Waals surface area (Å²) in [6, 6.07) is 4.74. The van der Waals surface area contributed by atoms with Gasteiger partial charge < -0.3 is 14.9 Å². The lowest BCUT2D eigenvalue weighted by molar-refractivity contribution is 0.0502. The number of rotatable bonds is 8. The minimum Gasteiger partial charge on any atom is -0.507 e. The molecule has 0 radical (unpaired) electrons. The predicted octanol–water partition coefficient (Wildman–Crippen LogP) is 3.65. The van der Waals surface area contributed by atoms with E-state index in [9.17, 15) is 9.90 Å². The van der Waals surface area contributed by atoms with Crippen molar-refractivity contribution in [2.75, 3.05) is 13.2 Å². The van der Waals surface area contributed by atoms with Crippen LogP contribution in [0, 0.1) is 23.7 Å². The van der Waals surface area contributed by atoms with Crippen LogP contribution < -0.4 is 0 Å². The Labute approximate surface area is 150 Å². The fourth-order valence-corrected chi connectivity index (χ4v) is 2.14. The number of hydrogen-bond donors (Lipinski definition) is 2. The van der Waals surface area contributed by atoms with Gasteiger partial charge in [-0.3, -0.25) is 0 Å². The number of carbonyl (C=O) groups excluding carboxylic acids is 1. The molecule has 0 aromatic heterocycles. The number of ether oxygens (including phenoxy) is 1. The molecule has 0 heterocycles. The maximum atomic E-state index is 11.9. The van der Waals surface area contributed by atoms with Crippen LogP contribution in [0.15, 0.2) is 18.2 Å². The summed E-state index contributed by atoms with van der Waals surface area (Å²) in [6.07, 6.45) is 6.62. The van der Waals surface area contributed by atoms with Crippen LogP contribution in [0.4, 0.5) is 0 Å². The number of hydrogen-bond acceptors (Lipinski definition) is 4. The van der Waals surface area contributed by atoms with E-state index >= 15 is 0 Å². The van der Waals surface area contributed by atoms with Crippen LogP contribution in [-0.4, -0.2) is 29.4 Å². The Hall–Kier alpha value is -2.43. The summed E-state index contributed by atoms with van der Waals surface area (Å²) < 4.78 is 5.05. The van der Waals surface area contributed by atoms with E-state index in [1.807, 2.05) is 6.92 Å². The zero-order chi connectivity index (χ0) is 18.3. The molecular formula is C21H26O4. The molecule has 0 aliphatic rings. The van der Waals surface area contributed by atoms with Gasteiger partial charge in [-0.2, -0.15) is 0 Å². The molecular weight excluding hydrogens is 316 g/mol. The molecule has 0 aliphatic carbocycles. The average molecular weight is 342 g/mol. The summed E-state index contributed by atoms with van der Waals surface area (Å²) in [7, 11) is 0. The fourth-order valence-electron chi connectivity index (χ4n) is 2.14. The van der Waals surface area contributed by atoms with Gasteiger partial charge in [-0.05, 0) is 37.5 Å². The maximum Gasteiger partial charge on any atom is 0.341 e. The molecule has 0 saturated carbocycles. The summed E-state index contributed by atoms with van der Waals surface area (Å²) in [5.74, 6) is 11.1. The summed E-state index contributed by atoms with van der Waals surface area (Å²) in [4.78, 5) is 11.9. The number of unbranched alkanes of at least 4 members (excludes halogenated alkanes) is 5. The Balaban J connectivity index is 2.40. The van der Waals surface area contributed by atoms with Gasteiger partial charge in [0.1, 0.15) is 17.9 Å². The largest absolute Gasteiger partial charge is 0.507 e. The third kappa shape index (κ3) is 8.84. The van der Waals surface area contributed by atoms with Gasteiger partial charge in [0.2, 0.25) is 0 Å². The van der Waals surface area contributed by atoms with E-state index in [-0.39, 0.29) is 17.9 Å². The van der Waals surface area contributed by atoms with Crippen molar-refractivity contribution in [2.24, 2.45) is 0 Å². The minimum absolute atomic E-state index is 0.0646. The highest BCUT2D eigenvalue weighted by molar-refractivity contribution is 5.92. The first-order chi connectivity index (χ1) is 12.2. The Morgan fingerprint density at radius 2 is 1.80 bits per heavy atom. The van der Waals surface area contributed by atoms with Gasteiger partial charge in [-0.25, -0.2) is 4.79 Å². The first-order valence-corrected chi connectivity index (χ1v) is 8.74. The molecule has 1 aromatic carbocycles. The van der Waals surface area contributed by atoms with Crippen LogP contribution in [0.5, 0.6) is 5.75 Å². The second-order valence-electron chi connectivity index (χ2n) is 5.60. The van der Waals surface area contributed by atoms with Crippen LogP contribution in [0.1, 0.15) is 67.8 Å². The third-order valence-corrected chi connectivity index (χ3v) is 3.44. The fraction of sp³-hybridized carbons (Fsp3) is 0.476. The summed E-state index contributed by atoms with van der Waals surface area (Å²) in [5.41, 5.74) is 0.852. The maximum absolute atomic E-state index is 11.9. The second kappa shape index (κ2) is 12.9. The molecule has 0 unspecified atom stereocenters. The van der Waals surface area contributed by atoms with Gasteiger partial charge in [-0.1, -0.05) is 37.5 Å². The molecule has 25 heavy (non-hydrogen) atoms. The molecule has 134 valence electrons. The standard InChI is InChI=1S/C21H26O4/c1-2-16-25-21(24)19-17-18(13-14-20(19)23)12-10-8-6-4-3-5-7-9-11-15-22/h13-14,17,22-23H,2-8,15-16H2,1H3. The first-order valence-electron chi connectivity index (χ1n) is 8.74. The molecule has 0 spiro atoms. The van der Waals surface area contributed by atoms with Crippen LogP contribution >= 0.6 is 0 Å². The molecule has 0 bridgehead atoms. The van der Waals surface area contributed by atoms with Gasteiger partial charge in [0.25, 0.3) is 0 Å². The van der Waals surface area contributed by atoms with Crippen LogP contribution in [-0.2, 0) is 4.74 Å². The Morgan fingerprint density at radius 3 is 2.48 bits per heavy atom. The molecule has 0 atom stereocenters. The lowest BCUT2D eigenvalue weighted by atomic mass is 10.1. The van der Waals surface area contributed by atoms with Gasteiger partial charge in [0.15, 0.2) is 0 Å². The second-order valence-corrected chi connectivity index (χ2v) is 5.60. The van der Waals surface area contributed by atoms with Gasteiger partial charge in [-0.15, -0.1) is 5.92 Å². The number of aliphatic hydroxyl groups is 1. The molecule has 4 heteroatoms. The van der Waals surface area contributed by atoms with Crippen molar-refractivity contribution in [2.45, 2.75) is 51.9 Å². The highest BCUT2D eigenvalue weighted by Gasteiger charge is 2.12. The summed E-state index contributed by atoms with van der Waals surface area (Å²) in [5, 5.41) is 18.3. The smallest absolute Gasteiger partial charge is 0.341 e. The molecule has 0 amide bonds. The van der Waals surface area contributed by atoms with Crippen molar-refractivity contribution in [1.82, 2.24) is 0 Å². The quantitative estimate of drug-likeness (QED) is 0.430. The minimum atomic E-state index is -0.521. The lowest BCUT2D eigenvalue weighted by Crippen LogP contribution is -2.06. The highest BCUT2D eigenvalue weighted by atomic mass is 16.5. The topological polar surface area (TPSA) is 66.8 Å². The number of aliphatic hydroxyl groups excluding tert-OH is 1. The average Bonchev–Trinajstić information content (AvgIpc) is 2.62. The van der Waals surface area contributed by atoms with Crippen LogP contribution in [0.3, 0.4) is 0 Å². The summed E-state index contributed by atoms with van der Waals surface area (Å²) in [6.45, 7) is 2.18. The van der Waals surface area contributed by atoms with Crippen molar-refractivity contribution in [3.8, 4) is 29.4 Å². The third-order valence-electron chi connectivity index (χ3n) is 3.44. The number of phenols is 1. The lowest BCUT2D eigenvalue weighted by Gasteiger charge is -2.05. The van der Waals surface area contributed by atoms with Crippen molar-refractivity contribution >= 4 is 5.97 Å². The molecule has 1 aromatic rings. The van der Waals surface area contributed by atoms with Gasteiger partial charge in [0.05, 0.1) is 6.61 Å². The highest BCUT2D eigenvalue weighted by Crippen LogP contribution is 2.19. The van der Waals surface area contributed by atoms with E-state index in [2.05, 4.69) is 23.7 Å². The van der Waals surface area contributed by atoms with Crippen molar-refractivity contribution in [3.05, 3.63) is 29.3 Å². The van der Waals surface area contributed by atoms with Crippen LogP contribution in [0.25, 0.3) is 0 Å². The molecule has 2 N–H and O–H groups in total. The molecule has 0 saturated heterocycles. The van der Waals surface area contributed by atoms with E-state index in [1.165, 1.54) is 6.07 Å². The van der Waals surface area contributed by atoms with E-state index in [4.69, 9.17) is 9.84 Å². The van der Waals surface area contributed by atoms with E-state index in [1.54, 1.807) is 12.1 Å². The van der Waals surface area contributed by atoms with Crippen molar-refractivity contribution in [1.29, 1.82) is 0 Å². The van der Waals surface area contributed by atoms with E-state index < -0.39 is 5.97 Å². The van der Waals surface area contributed by atoms with Crippen molar-refractivity contribution in [3.63, 3.8) is 0 Å². The zero-order valence-corrected chi connectivity index (χ0v) is 14.8. The zero-order valence-electron chi connectivity index (χ0n) is 14.8. The number of phenolic OH excluding ortho intramolecular Hbond substituents is 1. The number of benzene rings is 1. The molecule has 4 nitrogen and oxygen atoms in total. The molecule has 1 rings (SSSR count). The van der Waals surface area contributed by atoms with Gasteiger partial charge >= 0.3 is 5.97 Å². The number of carbonyl (C=O) groups is 1. The Kier molecular flexibility index (Phi) is 10.7. The molecule has 0 fully saturated rings. The first kappa shape index (κ1) is 20.6. The van der Waals surface area contributed by atoms with Crippen LogP contribution in [0.2, 0.25) is 0 Å². The number of esters is 1. The Bertz CT molecular complexity index is 656. The van der Waals surface area contributed by atoms with E-state index in [0.29, 0.717) is 12.2 Å². The number of aromatic hydroxyl groups is 1. The monoisotopic (exact) mass is 342 g/mol. The predicted molar refractivity (Wildman–Crippen MR) is 98.1 cm³/mol. The normalized spacial score (nSPS) is 9.52. The summed E-state index contributed by atoms with van der Waals surface area (Å²) >= 11 is 0. The Morgan fingerprint density at radius 1 is 1.08 bits per heavy atom. The van der Waals surface area contributed by atoms with Gasteiger partial charge in [0, 0.05) is 18.4 Å². The van der Waals surface area contributed by atoms with Crippen molar-refractivity contribution < 1.29 is 19.7 Å². The van der Waals surface area contributed by atoms with E-state index in [0.717, 1.165) is 44.9 Å². The molecule has 0 aliphatic heterocycles. The SMILES string of the molecule is CCCOC(=O)c1cc(C#CCCCCCCC#CCO)ccc1O.